The first-order chi connectivity index (χ1) is 10.1. The van der Waals surface area contributed by atoms with Crippen molar-refractivity contribution in [1.82, 2.24) is 5.32 Å². The molecule has 21 heavy (non-hydrogen) atoms. The van der Waals surface area contributed by atoms with Gasteiger partial charge in [-0.25, -0.2) is 4.79 Å². The minimum atomic E-state index is -0.745. The van der Waals surface area contributed by atoms with Crippen LogP contribution < -0.4 is 5.32 Å². The quantitative estimate of drug-likeness (QED) is 0.841. The fraction of sp³-hybridized carbons (Fsp3) is 0.467. The van der Waals surface area contributed by atoms with Crippen LogP contribution in [0.15, 0.2) is 24.3 Å². The molecule has 0 radical (unpaired) electrons. The molecule has 1 heterocycles. The van der Waals surface area contributed by atoms with Crippen molar-refractivity contribution in [2.45, 2.75) is 31.4 Å². The van der Waals surface area contributed by atoms with Crippen LogP contribution in [0.4, 0.5) is 0 Å². The van der Waals surface area contributed by atoms with Crippen molar-refractivity contribution in [3.8, 4) is 0 Å². The Balaban J connectivity index is 2.03. The number of halogens is 1. The lowest BCUT2D eigenvalue weighted by Crippen LogP contribution is -2.47. The number of hydrogen-bond acceptors (Lipinski definition) is 4. The average molecular weight is 312 g/mol. The Hall–Kier alpha value is -1.59. The predicted molar refractivity (Wildman–Crippen MR) is 78.1 cm³/mol. The lowest BCUT2D eigenvalue weighted by molar-refractivity contribution is -0.146. The van der Waals surface area contributed by atoms with Crippen molar-refractivity contribution in [3.63, 3.8) is 0 Å². The minimum absolute atomic E-state index is 0.273. The third kappa shape index (κ3) is 4.44. The van der Waals surface area contributed by atoms with E-state index in [-0.39, 0.29) is 5.91 Å². The molecule has 0 spiro atoms. The average Bonchev–Trinajstić information content (AvgIpc) is 3.00. The monoisotopic (exact) mass is 311 g/mol. The van der Waals surface area contributed by atoms with Crippen molar-refractivity contribution in [2.24, 2.45) is 0 Å². The summed E-state index contributed by atoms with van der Waals surface area (Å²) in [4.78, 5) is 23.9. The molecule has 1 aromatic rings. The van der Waals surface area contributed by atoms with Gasteiger partial charge < -0.3 is 14.8 Å². The van der Waals surface area contributed by atoms with Gasteiger partial charge in [-0.3, -0.25) is 4.79 Å². The number of carbonyl (C=O) groups is 2. The first-order valence-corrected chi connectivity index (χ1v) is 7.22. The molecule has 2 rings (SSSR count). The van der Waals surface area contributed by atoms with Gasteiger partial charge in [0.25, 0.3) is 0 Å². The van der Waals surface area contributed by atoms with Crippen LogP contribution in [0.1, 0.15) is 18.4 Å². The van der Waals surface area contributed by atoms with Gasteiger partial charge in [0.2, 0.25) is 5.91 Å². The van der Waals surface area contributed by atoms with E-state index in [4.69, 9.17) is 21.1 Å². The molecule has 0 aliphatic carbocycles. The number of hydrogen-bond donors (Lipinski definition) is 1. The van der Waals surface area contributed by atoms with Gasteiger partial charge in [-0.05, 0) is 30.5 Å². The van der Waals surface area contributed by atoms with Crippen molar-refractivity contribution < 1.29 is 19.1 Å². The van der Waals surface area contributed by atoms with Crippen LogP contribution >= 0.6 is 11.6 Å². The van der Waals surface area contributed by atoms with Crippen LogP contribution in [0, 0.1) is 0 Å². The van der Waals surface area contributed by atoms with Gasteiger partial charge in [0.1, 0.15) is 12.1 Å². The molecule has 0 aromatic heterocycles. The maximum absolute atomic E-state index is 12.1. The Morgan fingerprint density at radius 1 is 1.52 bits per heavy atom. The van der Waals surface area contributed by atoms with Crippen LogP contribution in [0.2, 0.25) is 5.02 Å². The molecule has 114 valence electrons. The summed E-state index contributed by atoms with van der Waals surface area (Å²) in [6, 6.07) is 6.41. The number of methoxy groups -OCH3 is 1. The third-order valence-electron chi connectivity index (χ3n) is 3.35. The Morgan fingerprint density at radius 3 is 2.95 bits per heavy atom. The highest BCUT2D eigenvalue weighted by atomic mass is 35.5. The highest BCUT2D eigenvalue weighted by Gasteiger charge is 2.28. The third-order valence-corrected chi connectivity index (χ3v) is 3.59. The summed E-state index contributed by atoms with van der Waals surface area (Å²) in [6.45, 7) is 0.579. The maximum atomic E-state index is 12.1. The van der Waals surface area contributed by atoms with E-state index in [0.29, 0.717) is 24.5 Å². The zero-order chi connectivity index (χ0) is 15.2. The molecule has 1 amide bonds. The number of nitrogens with one attached hydrogen (secondary N) is 1. The topological polar surface area (TPSA) is 64.6 Å². The number of benzene rings is 1. The van der Waals surface area contributed by atoms with Gasteiger partial charge in [0, 0.05) is 18.1 Å². The zero-order valence-corrected chi connectivity index (χ0v) is 12.6. The number of rotatable bonds is 5. The molecule has 1 fully saturated rings. The van der Waals surface area contributed by atoms with Gasteiger partial charge >= 0.3 is 5.97 Å². The molecule has 0 unspecified atom stereocenters. The van der Waals surface area contributed by atoms with E-state index >= 15 is 0 Å². The zero-order valence-electron chi connectivity index (χ0n) is 11.8. The summed E-state index contributed by atoms with van der Waals surface area (Å²) in [5, 5.41) is 3.28. The summed E-state index contributed by atoms with van der Waals surface area (Å²) in [6.07, 6.45) is 1.38. The number of carbonyl (C=O) groups excluding carboxylic acids is 2. The summed E-state index contributed by atoms with van der Waals surface area (Å²) >= 11 is 5.93. The predicted octanol–water partition coefficient (Wildman–Crippen LogP) is 1.72. The highest BCUT2D eigenvalue weighted by molar-refractivity contribution is 6.30. The Labute approximate surface area is 128 Å². The molecule has 5 nitrogen and oxygen atoms in total. The van der Waals surface area contributed by atoms with E-state index in [9.17, 15) is 9.59 Å². The Bertz CT molecular complexity index is 514. The summed E-state index contributed by atoms with van der Waals surface area (Å²) < 4.78 is 10.1. The number of amides is 1. The molecule has 1 aliphatic heterocycles. The second kappa shape index (κ2) is 7.43. The lowest BCUT2D eigenvalue weighted by atomic mass is 10.1. The molecular weight excluding hydrogens is 294 g/mol. The summed E-state index contributed by atoms with van der Waals surface area (Å²) in [5.74, 6) is -0.758. The Kier molecular flexibility index (Phi) is 5.59. The standard InChI is InChI=1S/C15H18ClNO4/c1-20-15(19)12(9-10-4-2-5-11(16)8-10)17-14(18)13-6-3-7-21-13/h2,4-5,8,12-13H,3,6-7,9H2,1H3,(H,17,18)/t12-,13-/m1/s1. The molecule has 6 heteroatoms. The second-order valence-electron chi connectivity index (χ2n) is 4.92. The molecule has 1 N–H and O–H groups in total. The summed E-state index contributed by atoms with van der Waals surface area (Å²) in [5.41, 5.74) is 0.852. The first-order valence-electron chi connectivity index (χ1n) is 6.84. The normalized spacial score (nSPS) is 19.0. The van der Waals surface area contributed by atoms with Crippen LogP contribution in [0.5, 0.6) is 0 Å². The lowest BCUT2D eigenvalue weighted by Gasteiger charge is -2.18. The molecule has 2 atom stereocenters. The minimum Gasteiger partial charge on any atom is -0.467 e. The van der Waals surface area contributed by atoms with Gasteiger partial charge in [-0.15, -0.1) is 0 Å². The molecule has 1 aliphatic rings. The van der Waals surface area contributed by atoms with Crippen LogP contribution in [0.25, 0.3) is 0 Å². The molecule has 0 bridgehead atoms. The molecular formula is C15H18ClNO4. The molecule has 0 saturated carbocycles. The first kappa shape index (κ1) is 15.8. The maximum Gasteiger partial charge on any atom is 0.328 e. The van der Waals surface area contributed by atoms with E-state index in [0.717, 1.165) is 12.0 Å². The van der Waals surface area contributed by atoms with E-state index in [1.807, 2.05) is 6.07 Å². The van der Waals surface area contributed by atoms with Crippen LogP contribution in [-0.2, 0) is 25.5 Å². The van der Waals surface area contributed by atoms with E-state index < -0.39 is 18.1 Å². The van der Waals surface area contributed by atoms with E-state index in [1.165, 1.54) is 7.11 Å². The van der Waals surface area contributed by atoms with Crippen molar-refractivity contribution >= 4 is 23.5 Å². The van der Waals surface area contributed by atoms with Crippen molar-refractivity contribution in [1.29, 1.82) is 0 Å². The number of ether oxygens (including phenoxy) is 2. The van der Waals surface area contributed by atoms with Crippen LogP contribution in [0.3, 0.4) is 0 Å². The molecule has 1 saturated heterocycles. The highest BCUT2D eigenvalue weighted by Crippen LogP contribution is 2.15. The largest absolute Gasteiger partial charge is 0.467 e. The van der Waals surface area contributed by atoms with Gasteiger partial charge in [0.05, 0.1) is 7.11 Å². The second-order valence-corrected chi connectivity index (χ2v) is 5.36. The fourth-order valence-electron chi connectivity index (χ4n) is 2.28. The fourth-order valence-corrected chi connectivity index (χ4v) is 2.50. The smallest absolute Gasteiger partial charge is 0.328 e. The van der Waals surface area contributed by atoms with E-state index in [2.05, 4.69) is 5.32 Å². The van der Waals surface area contributed by atoms with Gasteiger partial charge in [0.15, 0.2) is 0 Å². The van der Waals surface area contributed by atoms with Gasteiger partial charge in [-0.1, -0.05) is 23.7 Å². The summed E-state index contributed by atoms with van der Waals surface area (Å²) in [7, 11) is 1.30. The number of esters is 1. The van der Waals surface area contributed by atoms with Crippen molar-refractivity contribution in [3.05, 3.63) is 34.9 Å². The Morgan fingerprint density at radius 2 is 2.33 bits per heavy atom. The van der Waals surface area contributed by atoms with E-state index in [1.54, 1.807) is 18.2 Å². The van der Waals surface area contributed by atoms with Crippen molar-refractivity contribution in [2.75, 3.05) is 13.7 Å². The SMILES string of the molecule is COC(=O)[C@@H](Cc1cccc(Cl)c1)NC(=O)[C@H]1CCCO1. The van der Waals surface area contributed by atoms with Crippen LogP contribution in [-0.4, -0.2) is 37.7 Å². The molecule has 1 aromatic carbocycles. The van der Waals surface area contributed by atoms with Gasteiger partial charge in [-0.2, -0.15) is 0 Å².